The standard InChI is InChI=1S/C17H26N2/c1-19(12-14-5-2-3-6-14)13-15-8-9-17-16(11-15)7-4-10-18-17/h8-9,11,14,18H,2-7,10,12-13H2,1H3. The van der Waals surface area contributed by atoms with E-state index in [1.54, 1.807) is 0 Å². The van der Waals surface area contributed by atoms with Crippen LogP contribution in [0.25, 0.3) is 0 Å². The van der Waals surface area contributed by atoms with Crippen molar-refractivity contribution < 1.29 is 0 Å². The third-order valence-electron chi connectivity index (χ3n) is 4.61. The third-order valence-corrected chi connectivity index (χ3v) is 4.61. The van der Waals surface area contributed by atoms with Crippen LogP contribution in [-0.2, 0) is 13.0 Å². The molecule has 1 aromatic carbocycles. The molecule has 1 fully saturated rings. The average molecular weight is 258 g/mol. The van der Waals surface area contributed by atoms with Gasteiger partial charge in [-0.1, -0.05) is 25.0 Å². The number of hydrogen-bond donors (Lipinski definition) is 1. The first kappa shape index (κ1) is 13.0. The summed E-state index contributed by atoms with van der Waals surface area (Å²) in [5, 5.41) is 3.49. The fourth-order valence-corrected chi connectivity index (χ4v) is 3.64. The number of fused-ring (bicyclic) bond motifs is 1. The lowest BCUT2D eigenvalue weighted by atomic mass is 10.0. The highest BCUT2D eigenvalue weighted by molar-refractivity contribution is 5.54. The molecule has 3 rings (SSSR count). The highest BCUT2D eigenvalue weighted by Crippen LogP contribution is 2.26. The Hall–Kier alpha value is -1.02. The van der Waals surface area contributed by atoms with E-state index in [9.17, 15) is 0 Å². The summed E-state index contributed by atoms with van der Waals surface area (Å²) < 4.78 is 0. The summed E-state index contributed by atoms with van der Waals surface area (Å²) in [6, 6.07) is 6.97. The lowest BCUT2D eigenvalue weighted by Crippen LogP contribution is -2.24. The molecule has 0 saturated heterocycles. The van der Waals surface area contributed by atoms with Crippen LogP contribution in [0.4, 0.5) is 5.69 Å². The number of hydrogen-bond acceptors (Lipinski definition) is 2. The molecule has 1 aromatic rings. The largest absolute Gasteiger partial charge is 0.385 e. The molecule has 1 aliphatic heterocycles. The maximum absolute atomic E-state index is 3.49. The second kappa shape index (κ2) is 5.96. The second-order valence-corrected chi connectivity index (χ2v) is 6.37. The van der Waals surface area contributed by atoms with Gasteiger partial charge in [-0.2, -0.15) is 0 Å². The molecular formula is C17H26N2. The van der Waals surface area contributed by atoms with E-state index in [2.05, 4.69) is 35.5 Å². The fraction of sp³-hybridized carbons (Fsp3) is 0.647. The van der Waals surface area contributed by atoms with Crippen LogP contribution in [0.2, 0.25) is 0 Å². The van der Waals surface area contributed by atoms with Gasteiger partial charge in [0.2, 0.25) is 0 Å². The molecule has 0 atom stereocenters. The minimum Gasteiger partial charge on any atom is -0.385 e. The number of aryl methyl sites for hydroxylation is 1. The molecule has 2 heteroatoms. The van der Waals surface area contributed by atoms with Gasteiger partial charge in [-0.05, 0) is 55.8 Å². The zero-order valence-electron chi connectivity index (χ0n) is 12.1. The molecule has 2 aliphatic rings. The molecule has 1 heterocycles. The summed E-state index contributed by atoms with van der Waals surface area (Å²) >= 11 is 0. The number of anilines is 1. The summed E-state index contributed by atoms with van der Waals surface area (Å²) in [7, 11) is 2.27. The van der Waals surface area contributed by atoms with E-state index < -0.39 is 0 Å². The quantitative estimate of drug-likeness (QED) is 0.886. The van der Waals surface area contributed by atoms with Crippen LogP contribution in [0, 0.1) is 5.92 Å². The van der Waals surface area contributed by atoms with Crippen molar-refractivity contribution in [2.75, 3.05) is 25.5 Å². The summed E-state index contributed by atoms with van der Waals surface area (Å²) in [5.41, 5.74) is 4.34. The third kappa shape index (κ3) is 3.30. The number of nitrogens with zero attached hydrogens (tertiary/aromatic N) is 1. The molecule has 0 radical (unpaired) electrons. The average Bonchev–Trinajstić information content (AvgIpc) is 2.91. The van der Waals surface area contributed by atoms with Crippen LogP contribution in [0.3, 0.4) is 0 Å². The van der Waals surface area contributed by atoms with Crippen molar-refractivity contribution in [3.8, 4) is 0 Å². The van der Waals surface area contributed by atoms with Gasteiger partial charge in [0.1, 0.15) is 0 Å². The van der Waals surface area contributed by atoms with Gasteiger partial charge in [-0.15, -0.1) is 0 Å². The van der Waals surface area contributed by atoms with E-state index in [-0.39, 0.29) is 0 Å². The molecule has 0 aromatic heterocycles. The van der Waals surface area contributed by atoms with E-state index in [0.717, 1.165) is 19.0 Å². The van der Waals surface area contributed by atoms with Crippen LogP contribution in [-0.4, -0.2) is 25.0 Å². The van der Waals surface area contributed by atoms with E-state index in [4.69, 9.17) is 0 Å². The summed E-state index contributed by atoms with van der Waals surface area (Å²) in [6.45, 7) is 3.51. The van der Waals surface area contributed by atoms with Gasteiger partial charge >= 0.3 is 0 Å². The van der Waals surface area contributed by atoms with Crippen molar-refractivity contribution >= 4 is 5.69 Å². The Bertz CT molecular complexity index is 421. The summed E-state index contributed by atoms with van der Waals surface area (Å²) in [4.78, 5) is 2.51. The number of rotatable bonds is 4. The monoisotopic (exact) mass is 258 g/mol. The van der Waals surface area contributed by atoms with E-state index in [1.807, 2.05) is 0 Å². The van der Waals surface area contributed by atoms with Gasteiger partial charge < -0.3 is 10.2 Å². The van der Waals surface area contributed by atoms with Gasteiger partial charge in [0, 0.05) is 25.3 Å². The van der Waals surface area contributed by atoms with Crippen molar-refractivity contribution in [2.24, 2.45) is 5.92 Å². The normalized spacial score (nSPS) is 19.5. The molecule has 0 unspecified atom stereocenters. The van der Waals surface area contributed by atoms with Crippen molar-refractivity contribution in [1.82, 2.24) is 4.90 Å². The summed E-state index contributed by atoms with van der Waals surface area (Å²) in [6.07, 6.45) is 8.29. The van der Waals surface area contributed by atoms with Crippen LogP contribution in [0.15, 0.2) is 18.2 Å². The van der Waals surface area contributed by atoms with E-state index >= 15 is 0 Å². The lowest BCUT2D eigenvalue weighted by molar-refractivity contribution is 0.271. The zero-order chi connectivity index (χ0) is 13.1. The van der Waals surface area contributed by atoms with Gasteiger partial charge in [0.25, 0.3) is 0 Å². The van der Waals surface area contributed by atoms with Gasteiger partial charge in [-0.25, -0.2) is 0 Å². The van der Waals surface area contributed by atoms with Crippen molar-refractivity contribution in [2.45, 2.75) is 45.1 Å². The zero-order valence-corrected chi connectivity index (χ0v) is 12.1. The minimum absolute atomic E-state index is 0.948. The topological polar surface area (TPSA) is 15.3 Å². The van der Waals surface area contributed by atoms with Crippen LogP contribution in [0.1, 0.15) is 43.2 Å². The molecule has 2 nitrogen and oxygen atoms in total. The van der Waals surface area contributed by atoms with Crippen molar-refractivity contribution in [3.05, 3.63) is 29.3 Å². The number of benzene rings is 1. The van der Waals surface area contributed by atoms with Crippen LogP contribution in [0.5, 0.6) is 0 Å². The van der Waals surface area contributed by atoms with Crippen LogP contribution < -0.4 is 5.32 Å². The Morgan fingerprint density at radius 3 is 2.89 bits per heavy atom. The maximum Gasteiger partial charge on any atom is 0.0372 e. The lowest BCUT2D eigenvalue weighted by Gasteiger charge is -2.23. The molecule has 19 heavy (non-hydrogen) atoms. The predicted molar refractivity (Wildman–Crippen MR) is 81.5 cm³/mol. The summed E-state index contributed by atoms with van der Waals surface area (Å²) in [5.74, 6) is 0.948. The van der Waals surface area contributed by atoms with Gasteiger partial charge in [0.05, 0.1) is 0 Å². The van der Waals surface area contributed by atoms with Gasteiger partial charge in [-0.3, -0.25) is 0 Å². The van der Waals surface area contributed by atoms with Crippen LogP contribution >= 0.6 is 0 Å². The molecule has 1 aliphatic carbocycles. The highest BCUT2D eigenvalue weighted by atomic mass is 15.1. The Kier molecular flexibility index (Phi) is 4.07. The molecule has 0 amide bonds. The predicted octanol–water partition coefficient (Wildman–Crippen LogP) is 3.67. The van der Waals surface area contributed by atoms with Gasteiger partial charge in [0.15, 0.2) is 0 Å². The first-order chi connectivity index (χ1) is 9.31. The molecular weight excluding hydrogens is 232 g/mol. The van der Waals surface area contributed by atoms with Crippen molar-refractivity contribution in [3.63, 3.8) is 0 Å². The molecule has 0 spiro atoms. The minimum atomic E-state index is 0.948. The smallest absolute Gasteiger partial charge is 0.0372 e. The Labute approximate surface area is 117 Å². The first-order valence-electron chi connectivity index (χ1n) is 7.85. The second-order valence-electron chi connectivity index (χ2n) is 6.37. The maximum atomic E-state index is 3.49. The Morgan fingerprint density at radius 1 is 1.21 bits per heavy atom. The van der Waals surface area contributed by atoms with E-state index in [0.29, 0.717) is 0 Å². The molecule has 1 saturated carbocycles. The highest BCUT2D eigenvalue weighted by Gasteiger charge is 2.17. The SMILES string of the molecule is CN(Cc1ccc2c(c1)CCCN2)CC1CCCC1. The fourth-order valence-electron chi connectivity index (χ4n) is 3.64. The molecule has 1 N–H and O–H groups in total. The Balaban J connectivity index is 1.59. The molecule has 104 valence electrons. The van der Waals surface area contributed by atoms with Crippen molar-refractivity contribution in [1.29, 1.82) is 0 Å². The Morgan fingerprint density at radius 2 is 2.05 bits per heavy atom. The molecule has 0 bridgehead atoms. The first-order valence-corrected chi connectivity index (χ1v) is 7.85. The van der Waals surface area contributed by atoms with E-state index in [1.165, 1.54) is 61.9 Å². The number of nitrogens with one attached hydrogen (secondary N) is 1.